The van der Waals surface area contributed by atoms with E-state index in [-0.39, 0.29) is 18.4 Å². The molecule has 4 aliphatic heterocycles. The molecular formula is C56H71Cl2N11O4S2. The maximum absolute atomic E-state index is 12.9. The van der Waals surface area contributed by atoms with Crippen LogP contribution in [0, 0.1) is 41.5 Å². The minimum absolute atomic E-state index is 0.0481. The summed E-state index contributed by atoms with van der Waals surface area (Å²) in [6.45, 7) is 32.6. The SMILES string of the molecule is Cc1sc2c(c1C)C(c1ccc(Cl)cc1)=N[C@@H](CN(CCCN1CCOCC1)CCCN1CCOCC1)c1nnc(C)n1-2.Cc1sc2c(c1C)C(c1ccc(Cl)cc1)=N[C@@](C)(CC(=O)OC(C)(C)C)c1nnc(C)n1-2. The molecule has 2 fully saturated rings. The van der Waals surface area contributed by atoms with Crippen molar-refractivity contribution in [1.82, 2.24) is 44.2 Å². The highest BCUT2D eigenvalue weighted by Crippen LogP contribution is 2.43. The fourth-order valence-corrected chi connectivity index (χ4v) is 13.0. The predicted octanol–water partition coefficient (Wildman–Crippen LogP) is 10.3. The monoisotopic (exact) mass is 1100 g/mol. The summed E-state index contributed by atoms with van der Waals surface area (Å²) in [7, 11) is 0. The number of nitrogens with zero attached hydrogens (tertiary/aromatic N) is 11. The molecule has 4 aromatic heterocycles. The van der Waals surface area contributed by atoms with Crippen LogP contribution < -0.4 is 0 Å². The lowest BCUT2D eigenvalue weighted by molar-refractivity contribution is -0.156. The second-order valence-electron chi connectivity index (χ2n) is 21.2. The zero-order chi connectivity index (χ0) is 53.2. The van der Waals surface area contributed by atoms with Gasteiger partial charge < -0.3 is 19.1 Å². The van der Waals surface area contributed by atoms with Crippen molar-refractivity contribution >= 4 is 63.3 Å². The van der Waals surface area contributed by atoms with E-state index in [1.54, 1.807) is 22.7 Å². The molecule has 15 nitrogen and oxygen atoms in total. The van der Waals surface area contributed by atoms with E-state index in [1.807, 2.05) is 75.6 Å². The number of aromatic nitrogens is 6. The van der Waals surface area contributed by atoms with Crippen LogP contribution in [0.25, 0.3) is 10.0 Å². The van der Waals surface area contributed by atoms with Crippen molar-refractivity contribution in [2.24, 2.45) is 9.98 Å². The van der Waals surface area contributed by atoms with Crippen LogP contribution in [-0.2, 0) is 24.5 Å². The molecule has 0 radical (unpaired) electrons. The molecule has 0 saturated carbocycles. The molecule has 0 spiro atoms. The maximum atomic E-state index is 12.9. The van der Waals surface area contributed by atoms with Gasteiger partial charge in [0.15, 0.2) is 11.6 Å². The molecule has 400 valence electrons. The van der Waals surface area contributed by atoms with Gasteiger partial charge >= 0.3 is 5.97 Å². The van der Waals surface area contributed by atoms with E-state index < -0.39 is 11.1 Å². The summed E-state index contributed by atoms with van der Waals surface area (Å²) < 4.78 is 21.1. The van der Waals surface area contributed by atoms with Gasteiger partial charge in [-0.3, -0.25) is 33.7 Å². The molecule has 2 atom stereocenters. The molecule has 8 heterocycles. The van der Waals surface area contributed by atoms with Crippen molar-refractivity contribution in [1.29, 1.82) is 0 Å². The molecule has 2 saturated heterocycles. The number of carbonyl (C=O) groups is 1. The van der Waals surface area contributed by atoms with Crippen LogP contribution in [0.3, 0.4) is 0 Å². The highest BCUT2D eigenvalue weighted by atomic mass is 35.5. The zero-order valence-electron chi connectivity index (χ0n) is 45.1. The summed E-state index contributed by atoms with van der Waals surface area (Å²) >= 11 is 16.0. The van der Waals surface area contributed by atoms with E-state index in [2.05, 4.69) is 81.3 Å². The van der Waals surface area contributed by atoms with Gasteiger partial charge in [0, 0.05) is 74.8 Å². The Labute approximate surface area is 459 Å². The first kappa shape index (κ1) is 55.1. The summed E-state index contributed by atoms with van der Waals surface area (Å²) in [4.78, 5) is 33.8. The predicted molar refractivity (Wildman–Crippen MR) is 302 cm³/mol. The topological polar surface area (TPSA) is 141 Å². The molecular weight excluding hydrogens is 1030 g/mol. The van der Waals surface area contributed by atoms with Gasteiger partial charge in [-0.25, -0.2) is 0 Å². The van der Waals surface area contributed by atoms with E-state index in [1.165, 1.54) is 20.9 Å². The normalized spacial score (nSPS) is 19.0. The Morgan fingerprint density at radius 3 is 1.72 bits per heavy atom. The Hall–Kier alpha value is -4.69. The number of ether oxygens (including phenoxy) is 3. The molecule has 19 heteroatoms. The molecule has 10 rings (SSSR count). The van der Waals surface area contributed by atoms with E-state index >= 15 is 0 Å². The van der Waals surface area contributed by atoms with E-state index in [9.17, 15) is 4.79 Å². The van der Waals surface area contributed by atoms with E-state index in [0.717, 1.165) is 164 Å². The minimum Gasteiger partial charge on any atom is -0.460 e. The quantitative estimate of drug-likeness (QED) is 0.0963. The fourth-order valence-electron chi connectivity index (χ4n) is 10.3. The van der Waals surface area contributed by atoms with Crippen LogP contribution in [-0.4, -0.2) is 153 Å². The third-order valence-electron chi connectivity index (χ3n) is 14.4. The Bertz CT molecular complexity index is 3010. The number of aryl methyl sites for hydroxylation is 4. The van der Waals surface area contributed by atoms with E-state index in [0.29, 0.717) is 10.8 Å². The van der Waals surface area contributed by atoms with Gasteiger partial charge in [0.05, 0.1) is 44.3 Å². The van der Waals surface area contributed by atoms with Crippen LogP contribution in [0.15, 0.2) is 58.5 Å². The molecule has 2 aromatic carbocycles. The van der Waals surface area contributed by atoms with Crippen molar-refractivity contribution < 1.29 is 19.0 Å². The van der Waals surface area contributed by atoms with Gasteiger partial charge in [0.1, 0.15) is 38.8 Å². The van der Waals surface area contributed by atoms with Gasteiger partial charge in [0.25, 0.3) is 0 Å². The number of hydrogen-bond donors (Lipinski definition) is 0. The van der Waals surface area contributed by atoms with Crippen LogP contribution in [0.1, 0.15) is 119 Å². The number of hydrogen-bond acceptors (Lipinski definition) is 15. The number of carbonyl (C=O) groups excluding carboxylic acids is 1. The second kappa shape index (κ2) is 23.5. The third kappa shape index (κ3) is 12.5. The molecule has 0 N–H and O–H groups in total. The second-order valence-corrected chi connectivity index (χ2v) is 24.5. The van der Waals surface area contributed by atoms with Crippen LogP contribution in [0.2, 0.25) is 10.0 Å². The van der Waals surface area contributed by atoms with Crippen molar-refractivity contribution in [3.63, 3.8) is 0 Å². The molecule has 4 aliphatic rings. The van der Waals surface area contributed by atoms with Crippen LogP contribution in [0.4, 0.5) is 0 Å². The van der Waals surface area contributed by atoms with Gasteiger partial charge in [0.2, 0.25) is 0 Å². The fraction of sp³-hybridized carbons (Fsp3) is 0.518. The van der Waals surface area contributed by atoms with Crippen LogP contribution in [0.5, 0.6) is 0 Å². The van der Waals surface area contributed by atoms with E-state index in [4.69, 9.17) is 52.5 Å². The number of fused-ring (bicyclic) bond motifs is 6. The first-order chi connectivity index (χ1) is 35.9. The molecule has 0 unspecified atom stereocenters. The van der Waals surface area contributed by atoms with Crippen LogP contribution >= 0.6 is 45.9 Å². The standard InChI is InChI=1S/C32H44ClN7O2S.C24H27ClN4O2S/c1-23-24(2)43-32-29(23)30(26-6-8-27(33)9-7-26)34-28(31-36-35-25(3)40(31)32)22-39(12-4-10-37-14-18-41-19-15-37)13-5-11-38-16-20-42-21-17-38;1-13-14(2)32-21-19(13)20(16-8-10-17(25)11-9-16)26-24(7,12-18(30)31-23(4,5)6)22-28-27-15(3)29(21)22/h6-9,28H,4-5,10-22H2,1-3H3;8-11H,12H2,1-7H3/t28-;24-/m00/s1. The number of esters is 1. The number of aliphatic imine (C=N–C) groups is 2. The van der Waals surface area contributed by atoms with Crippen molar-refractivity contribution in [2.45, 2.75) is 106 Å². The number of morpholine rings is 2. The number of rotatable bonds is 14. The summed E-state index contributed by atoms with van der Waals surface area (Å²) in [6, 6.07) is 15.6. The first-order valence-electron chi connectivity index (χ1n) is 26.2. The summed E-state index contributed by atoms with van der Waals surface area (Å²) in [6.07, 6.45) is 2.29. The smallest absolute Gasteiger partial charge is 0.309 e. The molecule has 0 amide bonds. The van der Waals surface area contributed by atoms with Gasteiger partial charge in [-0.1, -0.05) is 47.5 Å². The Balaban J connectivity index is 0.000000192. The number of halogens is 2. The summed E-state index contributed by atoms with van der Waals surface area (Å²) in [5, 5.41) is 21.7. The maximum Gasteiger partial charge on any atom is 0.309 e. The molecule has 6 aromatic rings. The third-order valence-corrected chi connectivity index (χ3v) is 17.3. The summed E-state index contributed by atoms with van der Waals surface area (Å²) in [5.74, 6) is 2.89. The molecule has 0 bridgehead atoms. The van der Waals surface area contributed by atoms with Crippen molar-refractivity contribution in [3.8, 4) is 10.0 Å². The van der Waals surface area contributed by atoms with Gasteiger partial charge in [-0.15, -0.1) is 43.1 Å². The highest BCUT2D eigenvalue weighted by Gasteiger charge is 2.42. The average Bonchev–Trinajstić information content (AvgIpc) is 4.10. The number of thiophene rings is 2. The summed E-state index contributed by atoms with van der Waals surface area (Å²) in [5.41, 5.74) is 6.94. The van der Waals surface area contributed by atoms with Gasteiger partial charge in [-0.05, 0) is 144 Å². The van der Waals surface area contributed by atoms with Gasteiger partial charge in [-0.2, -0.15) is 0 Å². The highest BCUT2D eigenvalue weighted by molar-refractivity contribution is 7.15. The molecule has 75 heavy (non-hydrogen) atoms. The molecule has 0 aliphatic carbocycles. The van der Waals surface area contributed by atoms with Crippen molar-refractivity contribution in [3.05, 3.63) is 125 Å². The minimum atomic E-state index is -0.961. The number of benzene rings is 2. The lowest BCUT2D eigenvalue weighted by Crippen LogP contribution is -2.40. The largest absolute Gasteiger partial charge is 0.460 e. The zero-order valence-corrected chi connectivity index (χ0v) is 48.3. The van der Waals surface area contributed by atoms with Crippen molar-refractivity contribution in [2.75, 3.05) is 85.3 Å². The Kier molecular flexibility index (Phi) is 17.3. The Morgan fingerprint density at radius 2 is 1.19 bits per heavy atom. The Morgan fingerprint density at radius 1 is 0.707 bits per heavy atom. The average molecular weight is 1100 g/mol. The lowest BCUT2D eigenvalue weighted by Gasteiger charge is -2.30. The first-order valence-corrected chi connectivity index (χ1v) is 28.6. The lowest BCUT2D eigenvalue weighted by atomic mass is 9.95.